The molecule has 1 aromatic heterocycles. The first-order chi connectivity index (χ1) is 12.4. The summed E-state index contributed by atoms with van der Waals surface area (Å²) >= 11 is 3.30. The van der Waals surface area contributed by atoms with E-state index in [2.05, 4.69) is 26.3 Å². The normalized spacial score (nSPS) is 15.7. The van der Waals surface area contributed by atoms with Crippen LogP contribution in [-0.4, -0.2) is 54.7 Å². The number of ether oxygens (including phenoxy) is 1. The van der Waals surface area contributed by atoms with E-state index in [0.717, 1.165) is 4.47 Å². The van der Waals surface area contributed by atoms with E-state index in [1.54, 1.807) is 29.2 Å². The molecule has 0 spiro atoms. The highest BCUT2D eigenvalue weighted by Gasteiger charge is 2.26. The topological polar surface area (TPSA) is 93.5 Å². The van der Waals surface area contributed by atoms with Crippen molar-refractivity contribution >= 4 is 37.5 Å². The minimum absolute atomic E-state index is 0.166. The molecule has 2 aromatic rings. The van der Waals surface area contributed by atoms with Crippen LogP contribution in [0.1, 0.15) is 6.42 Å². The quantitative estimate of drug-likeness (QED) is 0.734. The Balaban J connectivity index is 1.57. The van der Waals surface area contributed by atoms with E-state index < -0.39 is 10.0 Å². The number of halogens is 1. The molecule has 0 aliphatic carbocycles. The maximum Gasteiger partial charge on any atom is 0.243 e. The van der Waals surface area contributed by atoms with Crippen molar-refractivity contribution in [3.05, 3.63) is 41.1 Å². The number of aryl methyl sites for hydroxylation is 1. The summed E-state index contributed by atoms with van der Waals surface area (Å²) in [7, 11) is -3.53. The molecule has 1 fully saturated rings. The molecule has 0 atom stereocenters. The molecule has 1 aliphatic rings. The summed E-state index contributed by atoms with van der Waals surface area (Å²) in [5.41, 5.74) is 0.553. The lowest BCUT2D eigenvalue weighted by Crippen LogP contribution is -2.40. The van der Waals surface area contributed by atoms with E-state index in [9.17, 15) is 13.2 Å². The number of benzene rings is 1. The highest BCUT2D eigenvalue weighted by molar-refractivity contribution is 9.10. The predicted molar refractivity (Wildman–Crippen MR) is 99.2 cm³/mol. The van der Waals surface area contributed by atoms with Crippen molar-refractivity contribution in [2.75, 3.05) is 31.6 Å². The maximum atomic E-state index is 12.6. The second-order valence-corrected chi connectivity index (χ2v) is 8.61. The molecule has 0 saturated carbocycles. The molecule has 8 nitrogen and oxygen atoms in total. The summed E-state index contributed by atoms with van der Waals surface area (Å²) in [6, 6.07) is 6.20. The number of nitrogens with one attached hydrogen (secondary N) is 1. The Morgan fingerprint density at radius 1 is 1.23 bits per heavy atom. The highest BCUT2D eigenvalue weighted by atomic mass is 79.9. The zero-order chi connectivity index (χ0) is 18.6. The number of nitrogens with zero attached hydrogens (tertiary/aromatic N) is 3. The fourth-order valence-electron chi connectivity index (χ4n) is 2.55. The van der Waals surface area contributed by atoms with Crippen LogP contribution in [0.3, 0.4) is 0 Å². The van der Waals surface area contributed by atoms with E-state index in [4.69, 9.17) is 4.74 Å². The van der Waals surface area contributed by atoms with Crippen molar-refractivity contribution in [3.8, 4) is 0 Å². The third-order valence-electron chi connectivity index (χ3n) is 3.92. The van der Waals surface area contributed by atoms with Gasteiger partial charge in [-0.15, -0.1) is 0 Å². The van der Waals surface area contributed by atoms with Gasteiger partial charge in [0.05, 0.1) is 28.8 Å². The van der Waals surface area contributed by atoms with Crippen LogP contribution in [0.5, 0.6) is 0 Å². The minimum Gasteiger partial charge on any atom is -0.379 e. The summed E-state index contributed by atoms with van der Waals surface area (Å²) in [5.74, 6) is -0.166. The SMILES string of the molecule is O=C(CCn1cc(Br)cn1)Nc1ccc(S(=O)(=O)N2CCOCC2)cc1. The molecule has 1 amide bonds. The first-order valence-electron chi connectivity index (χ1n) is 8.11. The Kier molecular flexibility index (Phi) is 6.07. The molecule has 1 N–H and O–H groups in total. The molecule has 1 aliphatic heterocycles. The standard InChI is InChI=1S/C16H19BrN4O4S/c17-13-11-18-20(12-13)6-5-16(22)19-14-1-3-15(4-2-14)26(23,24)21-7-9-25-10-8-21/h1-4,11-12H,5-10H2,(H,19,22). The Labute approximate surface area is 160 Å². The average molecular weight is 443 g/mol. The van der Waals surface area contributed by atoms with Gasteiger partial charge in [0.2, 0.25) is 15.9 Å². The lowest BCUT2D eigenvalue weighted by molar-refractivity contribution is -0.116. The molecular weight excluding hydrogens is 424 g/mol. The number of sulfonamides is 1. The van der Waals surface area contributed by atoms with Gasteiger partial charge in [-0.3, -0.25) is 9.48 Å². The molecular formula is C16H19BrN4O4S. The van der Waals surface area contributed by atoms with Gasteiger partial charge in [-0.25, -0.2) is 8.42 Å². The molecule has 26 heavy (non-hydrogen) atoms. The Morgan fingerprint density at radius 3 is 2.54 bits per heavy atom. The van der Waals surface area contributed by atoms with Crippen LogP contribution in [-0.2, 0) is 26.1 Å². The molecule has 1 aromatic carbocycles. The Morgan fingerprint density at radius 2 is 1.92 bits per heavy atom. The van der Waals surface area contributed by atoms with Crippen LogP contribution >= 0.6 is 15.9 Å². The number of carbonyl (C=O) groups is 1. The van der Waals surface area contributed by atoms with Gasteiger partial charge >= 0.3 is 0 Å². The number of hydrogen-bond donors (Lipinski definition) is 1. The van der Waals surface area contributed by atoms with E-state index >= 15 is 0 Å². The largest absolute Gasteiger partial charge is 0.379 e. The van der Waals surface area contributed by atoms with E-state index in [-0.39, 0.29) is 17.2 Å². The first-order valence-corrected chi connectivity index (χ1v) is 10.3. The smallest absolute Gasteiger partial charge is 0.243 e. The molecule has 10 heteroatoms. The van der Waals surface area contributed by atoms with Gasteiger partial charge < -0.3 is 10.1 Å². The van der Waals surface area contributed by atoms with Gasteiger partial charge in [0.1, 0.15) is 0 Å². The fourth-order valence-corrected chi connectivity index (χ4v) is 4.28. The van der Waals surface area contributed by atoms with Gasteiger partial charge in [0.25, 0.3) is 0 Å². The molecule has 2 heterocycles. The third-order valence-corrected chi connectivity index (χ3v) is 6.24. The molecule has 140 valence electrons. The molecule has 0 unspecified atom stereocenters. The number of carbonyl (C=O) groups excluding carboxylic acids is 1. The van der Waals surface area contributed by atoms with Crippen LogP contribution in [0.15, 0.2) is 46.0 Å². The molecule has 0 radical (unpaired) electrons. The predicted octanol–water partition coefficient (Wildman–Crippen LogP) is 1.70. The van der Waals surface area contributed by atoms with Crippen molar-refractivity contribution < 1.29 is 17.9 Å². The van der Waals surface area contributed by atoms with Crippen LogP contribution in [0.25, 0.3) is 0 Å². The average Bonchev–Trinajstić information content (AvgIpc) is 3.06. The Bertz CT molecular complexity index is 861. The van der Waals surface area contributed by atoms with Crippen molar-refractivity contribution in [1.29, 1.82) is 0 Å². The number of hydrogen-bond acceptors (Lipinski definition) is 5. The van der Waals surface area contributed by atoms with Crippen LogP contribution in [0, 0.1) is 0 Å². The summed E-state index contributed by atoms with van der Waals surface area (Å²) < 4.78 is 34.2. The first kappa shape index (κ1) is 19.0. The number of aromatic nitrogens is 2. The zero-order valence-electron chi connectivity index (χ0n) is 14.0. The van der Waals surface area contributed by atoms with E-state index in [1.807, 2.05) is 0 Å². The van der Waals surface area contributed by atoms with Gasteiger partial charge in [-0.2, -0.15) is 9.40 Å². The monoisotopic (exact) mass is 442 g/mol. The van der Waals surface area contributed by atoms with Gasteiger partial charge in [-0.05, 0) is 40.2 Å². The lowest BCUT2D eigenvalue weighted by Gasteiger charge is -2.26. The van der Waals surface area contributed by atoms with Gasteiger partial charge in [0.15, 0.2) is 0 Å². The Hall–Kier alpha value is -1.75. The van der Waals surface area contributed by atoms with E-state index in [0.29, 0.717) is 38.5 Å². The van der Waals surface area contributed by atoms with Crippen molar-refractivity contribution in [2.24, 2.45) is 0 Å². The van der Waals surface area contributed by atoms with Crippen molar-refractivity contribution in [2.45, 2.75) is 17.9 Å². The highest BCUT2D eigenvalue weighted by Crippen LogP contribution is 2.19. The maximum absolute atomic E-state index is 12.6. The molecule has 3 rings (SSSR count). The summed E-state index contributed by atoms with van der Waals surface area (Å²) in [5, 5.41) is 6.84. The zero-order valence-corrected chi connectivity index (χ0v) is 16.4. The second-order valence-electron chi connectivity index (χ2n) is 5.76. The number of morpholine rings is 1. The minimum atomic E-state index is -3.53. The van der Waals surface area contributed by atoms with Gasteiger partial charge in [-0.1, -0.05) is 0 Å². The molecule has 0 bridgehead atoms. The number of amides is 1. The van der Waals surface area contributed by atoms with Gasteiger partial charge in [0, 0.05) is 37.9 Å². The lowest BCUT2D eigenvalue weighted by atomic mass is 10.3. The van der Waals surface area contributed by atoms with Crippen LogP contribution in [0.2, 0.25) is 0 Å². The fraction of sp³-hybridized carbons (Fsp3) is 0.375. The summed E-state index contributed by atoms with van der Waals surface area (Å²) in [6.07, 6.45) is 3.71. The van der Waals surface area contributed by atoms with Crippen molar-refractivity contribution in [3.63, 3.8) is 0 Å². The molecule has 1 saturated heterocycles. The summed E-state index contributed by atoms with van der Waals surface area (Å²) in [6.45, 7) is 1.97. The third kappa shape index (κ3) is 4.70. The van der Waals surface area contributed by atoms with E-state index in [1.165, 1.54) is 16.4 Å². The second kappa shape index (κ2) is 8.30. The number of anilines is 1. The summed E-state index contributed by atoms with van der Waals surface area (Å²) in [4.78, 5) is 12.2. The van der Waals surface area contributed by atoms with Crippen LogP contribution in [0.4, 0.5) is 5.69 Å². The van der Waals surface area contributed by atoms with Crippen LogP contribution < -0.4 is 5.32 Å². The van der Waals surface area contributed by atoms with Crippen molar-refractivity contribution in [1.82, 2.24) is 14.1 Å². The number of rotatable bonds is 6.